The Morgan fingerprint density at radius 2 is 1.91 bits per heavy atom. The number of carbonyl (C=O) groups excluding carboxylic acids is 1. The fourth-order valence-electron chi connectivity index (χ4n) is 5.30. The van der Waals surface area contributed by atoms with E-state index in [0.29, 0.717) is 28.6 Å². The highest BCUT2D eigenvalue weighted by molar-refractivity contribution is 6.11. The van der Waals surface area contributed by atoms with Crippen LogP contribution in [-0.4, -0.2) is 40.9 Å². The minimum atomic E-state index is -2.51. The SMILES string of the molecule is C=C1C(C)N(C2CC2)c2nc(N3C(=O)c4ccccc4C3c3cccnc3)ccc2N1CC(F)F. The first-order valence-corrected chi connectivity index (χ1v) is 11.8. The van der Waals surface area contributed by atoms with Gasteiger partial charge in [0.05, 0.1) is 24.3 Å². The Labute approximate surface area is 202 Å². The third kappa shape index (κ3) is 3.47. The number of benzene rings is 1. The molecule has 1 fully saturated rings. The molecule has 178 valence electrons. The van der Waals surface area contributed by atoms with Gasteiger partial charge in [0.1, 0.15) is 5.82 Å². The van der Waals surface area contributed by atoms with Gasteiger partial charge in [0, 0.05) is 29.7 Å². The van der Waals surface area contributed by atoms with Crippen LogP contribution in [0.5, 0.6) is 0 Å². The summed E-state index contributed by atoms with van der Waals surface area (Å²) in [5, 5.41) is 0. The second-order valence-corrected chi connectivity index (χ2v) is 9.27. The number of amides is 1. The first-order chi connectivity index (χ1) is 17.0. The molecule has 1 amide bonds. The molecule has 6 nitrogen and oxygen atoms in total. The summed E-state index contributed by atoms with van der Waals surface area (Å²) in [4.78, 5) is 28.3. The number of fused-ring (bicyclic) bond motifs is 2. The van der Waals surface area contributed by atoms with Crippen LogP contribution in [0.15, 0.2) is 73.2 Å². The number of rotatable bonds is 5. The van der Waals surface area contributed by atoms with E-state index < -0.39 is 13.0 Å². The van der Waals surface area contributed by atoms with E-state index in [1.165, 1.54) is 0 Å². The topological polar surface area (TPSA) is 52.6 Å². The minimum absolute atomic E-state index is 0.141. The summed E-state index contributed by atoms with van der Waals surface area (Å²) < 4.78 is 26.9. The van der Waals surface area contributed by atoms with Crippen molar-refractivity contribution in [1.29, 1.82) is 0 Å². The number of carbonyl (C=O) groups is 1. The highest BCUT2D eigenvalue weighted by Gasteiger charge is 2.43. The lowest BCUT2D eigenvalue weighted by Crippen LogP contribution is -2.48. The maximum atomic E-state index is 13.6. The van der Waals surface area contributed by atoms with Crippen LogP contribution < -0.4 is 14.7 Å². The molecule has 0 bridgehead atoms. The van der Waals surface area contributed by atoms with Gasteiger partial charge in [-0.1, -0.05) is 30.8 Å². The highest BCUT2D eigenvalue weighted by Crippen LogP contribution is 2.47. The molecule has 0 spiro atoms. The van der Waals surface area contributed by atoms with Gasteiger partial charge in [0.15, 0.2) is 5.82 Å². The van der Waals surface area contributed by atoms with E-state index in [9.17, 15) is 13.6 Å². The van der Waals surface area contributed by atoms with Crippen LogP contribution in [0.2, 0.25) is 0 Å². The van der Waals surface area contributed by atoms with Gasteiger partial charge >= 0.3 is 0 Å². The molecular formula is C27H25F2N5O. The van der Waals surface area contributed by atoms with Gasteiger partial charge in [-0.05, 0) is 55.2 Å². The van der Waals surface area contributed by atoms with E-state index in [2.05, 4.69) is 16.5 Å². The van der Waals surface area contributed by atoms with Gasteiger partial charge in [-0.25, -0.2) is 13.8 Å². The third-order valence-corrected chi connectivity index (χ3v) is 7.09. The summed E-state index contributed by atoms with van der Waals surface area (Å²) >= 11 is 0. The van der Waals surface area contributed by atoms with Crippen LogP contribution >= 0.6 is 0 Å². The zero-order valence-electron chi connectivity index (χ0n) is 19.3. The number of pyridine rings is 2. The molecule has 3 aromatic rings. The van der Waals surface area contributed by atoms with Gasteiger partial charge in [0.2, 0.25) is 0 Å². The number of hydrogen-bond donors (Lipinski definition) is 0. The van der Waals surface area contributed by atoms with Crippen LogP contribution in [0.25, 0.3) is 0 Å². The maximum Gasteiger partial charge on any atom is 0.260 e. The standard InChI is InChI=1S/C27H25F2N5O/c1-16-17(2)33(19-9-10-19)26-22(32(16)15-23(28)29)11-12-24(31-26)34-25(18-6-5-13-30-14-18)20-7-3-4-8-21(20)27(34)35/h3-8,11-14,17,19,23,25H,1,9-10,15H2,2H3. The van der Waals surface area contributed by atoms with E-state index in [1.807, 2.05) is 43.3 Å². The molecule has 4 heterocycles. The quantitative estimate of drug-likeness (QED) is 0.511. The molecule has 35 heavy (non-hydrogen) atoms. The van der Waals surface area contributed by atoms with Gasteiger partial charge < -0.3 is 9.80 Å². The van der Waals surface area contributed by atoms with Crippen LogP contribution in [-0.2, 0) is 0 Å². The van der Waals surface area contributed by atoms with Gasteiger partial charge in [-0.2, -0.15) is 0 Å². The smallest absolute Gasteiger partial charge is 0.260 e. The number of anilines is 3. The Morgan fingerprint density at radius 1 is 1.11 bits per heavy atom. The summed E-state index contributed by atoms with van der Waals surface area (Å²) in [5.74, 6) is 0.970. The van der Waals surface area contributed by atoms with Gasteiger partial charge in [0.25, 0.3) is 12.3 Å². The van der Waals surface area contributed by atoms with Crippen molar-refractivity contribution in [2.24, 2.45) is 0 Å². The molecule has 8 heteroatoms. The molecule has 1 aromatic carbocycles. The van der Waals surface area contributed by atoms with E-state index in [1.54, 1.807) is 34.3 Å². The lowest BCUT2D eigenvalue weighted by molar-refractivity contribution is 0.0992. The first-order valence-electron chi connectivity index (χ1n) is 11.8. The van der Waals surface area contributed by atoms with Crippen LogP contribution in [0.1, 0.15) is 47.3 Å². The lowest BCUT2D eigenvalue weighted by atomic mass is 9.99. The van der Waals surface area contributed by atoms with Crippen molar-refractivity contribution in [3.8, 4) is 0 Å². The summed E-state index contributed by atoms with van der Waals surface area (Å²) in [6, 6.07) is 14.6. The largest absolute Gasteiger partial charge is 0.344 e. The van der Waals surface area contributed by atoms with Crippen molar-refractivity contribution >= 4 is 23.2 Å². The van der Waals surface area contributed by atoms with Crippen molar-refractivity contribution in [1.82, 2.24) is 9.97 Å². The number of aromatic nitrogens is 2. The van der Waals surface area contributed by atoms with Crippen molar-refractivity contribution < 1.29 is 13.6 Å². The summed E-state index contributed by atoms with van der Waals surface area (Å²) in [6.45, 7) is 5.67. The van der Waals surface area contributed by atoms with Crippen molar-refractivity contribution in [3.63, 3.8) is 0 Å². The fraction of sp³-hybridized carbons (Fsp3) is 0.296. The zero-order chi connectivity index (χ0) is 24.3. The molecule has 1 aliphatic carbocycles. The van der Waals surface area contributed by atoms with Gasteiger partial charge in [-0.15, -0.1) is 0 Å². The molecule has 2 unspecified atom stereocenters. The predicted molar refractivity (Wildman–Crippen MR) is 131 cm³/mol. The number of nitrogens with zero attached hydrogens (tertiary/aromatic N) is 5. The van der Waals surface area contributed by atoms with E-state index in [-0.39, 0.29) is 24.0 Å². The van der Waals surface area contributed by atoms with Crippen LogP contribution in [0.4, 0.5) is 26.1 Å². The predicted octanol–water partition coefficient (Wildman–Crippen LogP) is 5.18. The first kappa shape index (κ1) is 21.7. The molecule has 2 atom stereocenters. The highest BCUT2D eigenvalue weighted by atomic mass is 19.3. The normalized spacial score (nSPS) is 21.5. The Balaban J connectivity index is 1.49. The average molecular weight is 474 g/mol. The van der Waals surface area contributed by atoms with E-state index in [4.69, 9.17) is 4.98 Å². The Hall–Kier alpha value is -3.81. The number of alkyl halides is 2. The Bertz CT molecular complexity index is 1310. The van der Waals surface area contributed by atoms with E-state index in [0.717, 1.165) is 24.0 Å². The molecule has 0 saturated heterocycles. The van der Waals surface area contributed by atoms with Gasteiger partial charge in [-0.3, -0.25) is 14.7 Å². The average Bonchev–Trinajstić information content (AvgIpc) is 3.65. The molecule has 3 aliphatic rings. The number of hydrogen-bond acceptors (Lipinski definition) is 5. The van der Waals surface area contributed by atoms with Crippen molar-refractivity contribution in [2.45, 2.75) is 44.3 Å². The third-order valence-electron chi connectivity index (χ3n) is 7.09. The molecule has 0 N–H and O–H groups in total. The zero-order valence-corrected chi connectivity index (χ0v) is 19.3. The van der Waals surface area contributed by atoms with Crippen LogP contribution in [0.3, 0.4) is 0 Å². The number of halogens is 2. The molecule has 2 aromatic heterocycles. The molecular weight excluding hydrogens is 448 g/mol. The lowest BCUT2D eigenvalue weighted by Gasteiger charge is -2.44. The van der Waals surface area contributed by atoms with Crippen molar-refractivity contribution in [2.75, 3.05) is 21.2 Å². The molecule has 2 aliphatic heterocycles. The van der Waals surface area contributed by atoms with Crippen molar-refractivity contribution in [3.05, 3.63) is 89.9 Å². The van der Waals surface area contributed by atoms with Crippen LogP contribution in [0, 0.1) is 0 Å². The Morgan fingerprint density at radius 3 is 2.63 bits per heavy atom. The second-order valence-electron chi connectivity index (χ2n) is 9.27. The molecule has 0 radical (unpaired) electrons. The minimum Gasteiger partial charge on any atom is -0.344 e. The Kier molecular flexibility index (Phi) is 5.05. The fourth-order valence-corrected chi connectivity index (χ4v) is 5.30. The maximum absolute atomic E-state index is 13.6. The van der Waals surface area contributed by atoms with E-state index >= 15 is 0 Å². The monoisotopic (exact) mass is 473 g/mol. The molecule has 6 rings (SSSR count). The summed E-state index contributed by atoms with van der Waals surface area (Å²) in [6.07, 6.45) is 2.99. The summed E-state index contributed by atoms with van der Waals surface area (Å²) in [5.41, 5.74) is 3.64. The summed E-state index contributed by atoms with van der Waals surface area (Å²) in [7, 11) is 0. The second kappa shape index (κ2) is 8.15. The molecule has 1 saturated carbocycles.